The van der Waals surface area contributed by atoms with Gasteiger partial charge in [-0.05, 0) is 31.0 Å². The van der Waals surface area contributed by atoms with Crippen LogP contribution in [0.25, 0.3) is 10.9 Å². The molecule has 2 aliphatic rings. The first-order valence-corrected chi connectivity index (χ1v) is 10.1. The number of imidazole rings is 1. The Hall–Kier alpha value is -2.67. The van der Waals surface area contributed by atoms with Crippen molar-refractivity contribution in [2.24, 2.45) is 7.05 Å². The summed E-state index contributed by atoms with van der Waals surface area (Å²) in [7, 11) is 1.74. The molecule has 5 rings (SSSR count). The van der Waals surface area contributed by atoms with E-state index in [0.717, 1.165) is 56.9 Å². The summed E-state index contributed by atoms with van der Waals surface area (Å²) in [5.74, 6) is 1.26. The summed E-state index contributed by atoms with van der Waals surface area (Å²) in [4.78, 5) is 26.2. The first-order valence-electron chi connectivity index (χ1n) is 10.1. The van der Waals surface area contributed by atoms with Gasteiger partial charge in [0.25, 0.3) is 5.56 Å². The summed E-state index contributed by atoms with van der Waals surface area (Å²) >= 11 is 0. The Bertz CT molecular complexity index is 1060. The van der Waals surface area contributed by atoms with Crippen LogP contribution >= 0.6 is 0 Å². The van der Waals surface area contributed by atoms with Crippen LogP contribution in [0.5, 0.6) is 0 Å². The number of piperazine rings is 1. The van der Waals surface area contributed by atoms with E-state index in [1.54, 1.807) is 13.4 Å². The van der Waals surface area contributed by atoms with E-state index in [1.165, 1.54) is 28.9 Å². The third-order valence-corrected chi connectivity index (χ3v) is 6.08. The van der Waals surface area contributed by atoms with Gasteiger partial charge in [0.15, 0.2) is 0 Å². The molecule has 0 saturated carbocycles. The molecule has 0 amide bonds. The smallest absolute Gasteiger partial charge is 0.260 e. The van der Waals surface area contributed by atoms with E-state index in [2.05, 4.69) is 36.6 Å². The molecular weight excluding hydrogens is 352 g/mol. The Labute approximate surface area is 164 Å². The van der Waals surface area contributed by atoms with Gasteiger partial charge in [0.05, 0.1) is 22.9 Å². The molecule has 3 aromatic rings. The van der Waals surface area contributed by atoms with Gasteiger partial charge in [-0.3, -0.25) is 9.69 Å². The number of nitrogens with zero attached hydrogens (tertiary/aromatic N) is 6. The minimum absolute atomic E-state index is 0.00510. The summed E-state index contributed by atoms with van der Waals surface area (Å²) in [5, 5.41) is 0.679. The van der Waals surface area contributed by atoms with Crippen molar-refractivity contribution in [3.05, 3.63) is 52.6 Å². The highest BCUT2D eigenvalue weighted by atomic mass is 16.1. The van der Waals surface area contributed by atoms with Crippen LogP contribution in [0.15, 0.2) is 35.5 Å². The number of aromatic nitrogens is 4. The molecule has 1 fully saturated rings. The first-order chi connectivity index (χ1) is 13.7. The van der Waals surface area contributed by atoms with Crippen LogP contribution in [0.2, 0.25) is 0 Å². The number of aryl methyl sites for hydroxylation is 2. The maximum Gasteiger partial charge on any atom is 0.260 e. The molecule has 0 N–H and O–H groups in total. The third-order valence-electron chi connectivity index (χ3n) is 6.08. The number of anilines is 1. The quantitative estimate of drug-likeness (QED) is 0.695. The van der Waals surface area contributed by atoms with Gasteiger partial charge in [0, 0.05) is 64.6 Å². The molecule has 0 unspecified atom stereocenters. The lowest BCUT2D eigenvalue weighted by Gasteiger charge is -2.36. The van der Waals surface area contributed by atoms with Gasteiger partial charge in [-0.2, -0.15) is 0 Å². The highest BCUT2D eigenvalue weighted by molar-refractivity contribution is 5.81. The molecule has 2 aromatic heterocycles. The maximum absolute atomic E-state index is 12.2. The molecule has 7 nitrogen and oxygen atoms in total. The van der Waals surface area contributed by atoms with Crippen LogP contribution < -0.4 is 10.5 Å². The number of benzene rings is 1. The molecule has 0 spiro atoms. The maximum atomic E-state index is 12.2. The third kappa shape index (κ3) is 3.09. The summed E-state index contributed by atoms with van der Waals surface area (Å²) < 4.78 is 3.95. The lowest BCUT2D eigenvalue weighted by atomic mass is 10.1. The summed E-state index contributed by atoms with van der Waals surface area (Å²) in [6.07, 6.45) is 7.32. The van der Waals surface area contributed by atoms with Crippen molar-refractivity contribution in [1.82, 2.24) is 24.0 Å². The fourth-order valence-electron chi connectivity index (χ4n) is 4.39. The van der Waals surface area contributed by atoms with E-state index in [0.29, 0.717) is 5.39 Å². The largest absolute Gasteiger partial charge is 0.369 e. The lowest BCUT2D eigenvalue weighted by molar-refractivity contribution is 0.242. The van der Waals surface area contributed by atoms with E-state index in [9.17, 15) is 4.79 Å². The zero-order chi connectivity index (χ0) is 19.1. The standard InChI is InChI=1S/C21H26N6O/c1-24-15-23-19-12-16(5-6-18(19)21(24)28)26-10-8-25(9-11-26)14-17-13-22-20-4-2-3-7-27(17)20/h5-6,12-13,15H,2-4,7-11,14H2,1H3. The molecule has 0 atom stereocenters. The van der Waals surface area contributed by atoms with Crippen LogP contribution in [0.1, 0.15) is 24.4 Å². The molecule has 1 aromatic carbocycles. The molecule has 7 heteroatoms. The van der Waals surface area contributed by atoms with Gasteiger partial charge < -0.3 is 14.0 Å². The minimum atomic E-state index is 0.00510. The van der Waals surface area contributed by atoms with Crippen LogP contribution in [-0.4, -0.2) is 50.2 Å². The van der Waals surface area contributed by atoms with Crippen molar-refractivity contribution >= 4 is 16.6 Å². The normalized spacial score (nSPS) is 17.8. The van der Waals surface area contributed by atoms with Gasteiger partial charge in [-0.15, -0.1) is 0 Å². The summed E-state index contributed by atoms with van der Waals surface area (Å²) in [6, 6.07) is 6.00. The van der Waals surface area contributed by atoms with Crippen LogP contribution in [0.3, 0.4) is 0 Å². The van der Waals surface area contributed by atoms with Crippen LogP contribution in [-0.2, 0) is 26.6 Å². The predicted molar refractivity (Wildman–Crippen MR) is 110 cm³/mol. The van der Waals surface area contributed by atoms with E-state index in [-0.39, 0.29) is 5.56 Å². The SMILES string of the molecule is Cn1cnc2cc(N3CCN(Cc4cnc5n4CCCC5)CC3)ccc2c1=O. The Balaban J connectivity index is 1.27. The zero-order valence-corrected chi connectivity index (χ0v) is 16.3. The molecule has 146 valence electrons. The highest BCUT2D eigenvalue weighted by Gasteiger charge is 2.21. The monoisotopic (exact) mass is 378 g/mol. The predicted octanol–water partition coefficient (Wildman–Crippen LogP) is 1.79. The Morgan fingerprint density at radius 1 is 1.04 bits per heavy atom. The van der Waals surface area contributed by atoms with Crippen molar-refractivity contribution in [3.63, 3.8) is 0 Å². The molecule has 0 aliphatic carbocycles. The van der Waals surface area contributed by atoms with Crippen molar-refractivity contribution in [1.29, 1.82) is 0 Å². The van der Waals surface area contributed by atoms with E-state index >= 15 is 0 Å². The molecule has 2 aliphatic heterocycles. The van der Waals surface area contributed by atoms with E-state index in [1.807, 2.05) is 12.1 Å². The van der Waals surface area contributed by atoms with Gasteiger partial charge in [-0.25, -0.2) is 9.97 Å². The van der Waals surface area contributed by atoms with Gasteiger partial charge in [-0.1, -0.05) is 0 Å². The summed E-state index contributed by atoms with van der Waals surface area (Å²) in [6.45, 7) is 6.13. The molecule has 0 bridgehead atoms. The number of fused-ring (bicyclic) bond motifs is 2. The number of hydrogen-bond donors (Lipinski definition) is 0. The van der Waals surface area contributed by atoms with E-state index < -0.39 is 0 Å². The van der Waals surface area contributed by atoms with Gasteiger partial charge in [0.1, 0.15) is 5.82 Å². The molecule has 28 heavy (non-hydrogen) atoms. The van der Waals surface area contributed by atoms with Crippen molar-refractivity contribution in [3.8, 4) is 0 Å². The van der Waals surface area contributed by atoms with Crippen LogP contribution in [0.4, 0.5) is 5.69 Å². The molecule has 1 saturated heterocycles. The second-order valence-corrected chi connectivity index (χ2v) is 7.90. The lowest BCUT2D eigenvalue weighted by Crippen LogP contribution is -2.46. The van der Waals surface area contributed by atoms with Gasteiger partial charge >= 0.3 is 0 Å². The highest BCUT2D eigenvalue weighted by Crippen LogP contribution is 2.22. The van der Waals surface area contributed by atoms with E-state index in [4.69, 9.17) is 0 Å². The fraction of sp³-hybridized carbons (Fsp3) is 0.476. The average Bonchev–Trinajstić information content (AvgIpc) is 3.14. The van der Waals surface area contributed by atoms with Crippen molar-refractivity contribution in [2.75, 3.05) is 31.1 Å². The first kappa shape index (κ1) is 17.4. The average molecular weight is 378 g/mol. The topological polar surface area (TPSA) is 59.2 Å². The van der Waals surface area contributed by atoms with Gasteiger partial charge in [0.2, 0.25) is 0 Å². The second-order valence-electron chi connectivity index (χ2n) is 7.90. The number of rotatable bonds is 3. The van der Waals surface area contributed by atoms with Crippen molar-refractivity contribution < 1.29 is 0 Å². The summed E-state index contributed by atoms with van der Waals surface area (Å²) in [5.41, 5.74) is 3.28. The Morgan fingerprint density at radius 3 is 2.75 bits per heavy atom. The fourth-order valence-corrected chi connectivity index (χ4v) is 4.39. The van der Waals surface area contributed by atoms with Crippen molar-refractivity contribution in [2.45, 2.75) is 32.4 Å². The second kappa shape index (κ2) is 7.05. The number of hydrogen-bond acceptors (Lipinski definition) is 5. The Kier molecular flexibility index (Phi) is 4.39. The Morgan fingerprint density at radius 2 is 1.89 bits per heavy atom. The molecule has 0 radical (unpaired) electrons. The minimum Gasteiger partial charge on any atom is -0.369 e. The molecule has 4 heterocycles. The zero-order valence-electron chi connectivity index (χ0n) is 16.3. The molecular formula is C21H26N6O. The van der Waals surface area contributed by atoms with Crippen LogP contribution in [0, 0.1) is 0 Å².